The van der Waals surface area contributed by atoms with E-state index in [2.05, 4.69) is 4.72 Å². The van der Waals surface area contributed by atoms with Gasteiger partial charge in [0.25, 0.3) is 0 Å². The van der Waals surface area contributed by atoms with Crippen molar-refractivity contribution in [2.24, 2.45) is 5.14 Å². The molecule has 1 aromatic carbocycles. The molecule has 19 heavy (non-hydrogen) atoms. The van der Waals surface area contributed by atoms with Crippen LogP contribution in [0.2, 0.25) is 0 Å². The Labute approximate surface area is 114 Å². The molecular formula is C11H18N2O4S2. The largest absolute Gasteiger partial charge is 0.283 e. The third-order valence-electron chi connectivity index (χ3n) is 2.55. The summed E-state index contributed by atoms with van der Waals surface area (Å²) in [5.41, 5.74) is 0.630. The van der Waals surface area contributed by atoms with Crippen LogP contribution >= 0.6 is 0 Å². The monoisotopic (exact) mass is 306 g/mol. The van der Waals surface area contributed by atoms with Gasteiger partial charge >= 0.3 is 0 Å². The zero-order valence-electron chi connectivity index (χ0n) is 11.3. The smallest absolute Gasteiger partial charge is 0.238 e. The summed E-state index contributed by atoms with van der Waals surface area (Å²) in [6, 6.07) is 4.21. The number of nitrogens with two attached hydrogens (primary N) is 1. The lowest BCUT2D eigenvalue weighted by atomic mass is 10.2. The molecule has 1 rings (SSSR count). The second kappa shape index (κ2) is 4.77. The maximum Gasteiger partial charge on any atom is 0.238 e. The van der Waals surface area contributed by atoms with E-state index in [-0.39, 0.29) is 10.6 Å². The van der Waals surface area contributed by atoms with E-state index in [0.717, 1.165) is 0 Å². The summed E-state index contributed by atoms with van der Waals surface area (Å²) in [5, 5.41) is 5.07. The standard InChI is InChI=1S/C11H18N2O4S2/c1-8-5-6-9(7-10(8)18(12,14)15)13-19(16,17)11(2,3)4/h5-7,13H,1-4H3,(H2,12,14,15). The van der Waals surface area contributed by atoms with Crippen molar-refractivity contribution in [3.63, 3.8) is 0 Å². The molecule has 0 bridgehead atoms. The van der Waals surface area contributed by atoms with Gasteiger partial charge in [-0.05, 0) is 45.4 Å². The molecule has 6 nitrogen and oxygen atoms in total. The van der Waals surface area contributed by atoms with Crippen molar-refractivity contribution in [2.45, 2.75) is 37.3 Å². The predicted octanol–water partition coefficient (Wildman–Crippen LogP) is 1.18. The van der Waals surface area contributed by atoms with Gasteiger partial charge in [-0.25, -0.2) is 22.0 Å². The van der Waals surface area contributed by atoms with Gasteiger partial charge in [0.2, 0.25) is 20.0 Å². The lowest BCUT2D eigenvalue weighted by Crippen LogP contribution is -2.33. The summed E-state index contributed by atoms with van der Waals surface area (Å²) in [5.74, 6) is 0. The Morgan fingerprint density at radius 1 is 1.11 bits per heavy atom. The lowest BCUT2D eigenvalue weighted by Gasteiger charge is -2.20. The average Bonchev–Trinajstić information content (AvgIpc) is 2.17. The van der Waals surface area contributed by atoms with E-state index >= 15 is 0 Å². The minimum atomic E-state index is -3.88. The highest BCUT2D eigenvalue weighted by Gasteiger charge is 2.29. The van der Waals surface area contributed by atoms with Crippen molar-refractivity contribution in [3.05, 3.63) is 23.8 Å². The van der Waals surface area contributed by atoms with Crippen molar-refractivity contribution in [1.29, 1.82) is 0 Å². The Kier molecular flexibility index (Phi) is 4.00. The van der Waals surface area contributed by atoms with Gasteiger partial charge in [-0.15, -0.1) is 0 Å². The first-order valence-electron chi connectivity index (χ1n) is 5.50. The van der Waals surface area contributed by atoms with Crippen molar-refractivity contribution in [3.8, 4) is 0 Å². The minimum Gasteiger partial charge on any atom is -0.283 e. The zero-order chi connectivity index (χ0) is 15.1. The summed E-state index contributed by atoms with van der Waals surface area (Å²) in [6.07, 6.45) is 0. The Balaban J connectivity index is 3.27. The number of primary sulfonamides is 1. The molecule has 0 saturated carbocycles. The van der Waals surface area contributed by atoms with Crippen LogP contribution in [0, 0.1) is 6.92 Å². The molecule has 0 aliphatic carbocycles. The van der Waals surface area contributed by atoms with Crippen molar-refractivity contribution in [2.75, 3.05) is 4.72 Å². The number of rotatable bonds is 3. The number of benzene rings is 1. The molecule has 0 amide bonds. The first-order valence-corrected chi connectivity index (χ1v) is 8.53. The number of nitrogens with one attached hydrogen (secondary N) is 1. The fraction of sp³-hybridized carbons (Fsp3) is 0.455. The highest BCUT2D eigenvalue weighted by molar-refractivity contribution is 7.94. The summed E-state index contributed by atoms with van der Waals surface area (Å²) in [7, 11) is -7.49. The maximum atomic E-state index is 12.0. The van der Waals surface area contributed by atoms with Gasteiger partial charge in [0.15, 0.2) is 0 Å². The summed E-state index contributed by atoms with van der Waals surface area (Å²) in [4.78, 5) is -0.0957. The number of hydrogen-bond acceptors (Lipinski definition) is 4. The van der Waals surface area contributed by atoms with Crippen molar-refractivity contribution >= 4 is 25.7 Å². The average molecular weight is 306 g/mol. The maximum absolute atomic E-state index is 12.0. The van der Waals surface area contributed by atoms with E-state index in [9.17, 15) is 16.8 Å². The molecular weight excluding hydrogens is 288 g/mol. The van der Waals surface area contributed by atoms with Crippen molar-refractivity contribution in [1.82, 2.24) is 0 Å². The number of sulfonamides is 2. The molecule has 8 heteroatoms. The molecule has 0 fully saturated rings. The Morgan fingerprint density at radius 3 is 2.05 bits per heavy atom. The number of anilines is 1. The molecule has 0 aliphatic heterocycles. The Hall–Kier alpha value is -1.12. The normalized spacial score (nSPS) is 13.3. The topological polar surface area (TPSA) is 106 Å². The Morgan fingerprint density at radius 2 is 1.63 bits per heavy atom. The van der Waals surface area contributed by atoms with E-state index < -0.39 is 24.8 Å². The molecule has 1 aromatic rings. The summed E-state index contributed by atoms with van der Waals surface area (Å²) >= 11 is 0. The number of hydrogen-bond donors (Lipinski definition) is 2. The first-order chi connectivity index (χ1) is 8.34. The van der Waals surface area contributed by atoms with Crippen molar-refractivity contribution < 1.29 is 16.8 Å². The first kappa shape index (κ1) is 15.9. The highest BCUT2D eigenvalue weighted by atomic mass is 32.2. The SMILES string of the molecule is Cc1ccc(NS(=O)(=O)C(C)(C)C)cc1S(N)(=O)=O. The Bertz CT molecular complexity index is 686. The lowest BCUT2D eigenvalue weighted by molar-refractivity contribution is 0.566. The zero-order valence-corrected chi connectivity index (χ0v) is 12.9. The molecule has 0 saturated heterocycles. The number of aryl methyl sites for hydroxylation is 1. The van der Waals surface area contributed by atoms with Crippen LogP contribution < -0.4 is 9.86 Å². The van der Waals surface area contributed by atoms with Crippen LogP contribution in [0.15, 0.2) is 23.1 Å². The van der Waals surface area contributed by atoms with Crippen LogP contribution in [-0.4, -0.2) is 21.6 Å². The summed E-state index contributed by atoms with van der Waals surface area (Å²) in [6.45, 7) is 6.22. The molecule has 3 N–H and O–H groups in total. The van der Waals surface area contributed by atoms with Gasteiger partial charge < -0.3 is 0 Å². The van der Waals surface area contributed by atoms with Gasteiger partial charge in [0.05, 0.1) is 9.64 Å². The van der Waals surface area contributed by atoms with Crippen LogP contribution in [0.3, 0.4) is 0 Å². The van der Waals surface area contributed by atoms with Gasteiger partial charge in [-0.2, -0.15) is 0 Å². The summed E-state index contributed by atoms with van der Waals surface area (Å²) < 4.78 is 48.0. The van der Waals surface area contributed by atoms with Gasteiger partial charge in [-0.3, -0.25) is 4.72 Å². The quantitative estimate of drug-likeness (QED) is 0.874. The molecule has 0 heterocycles. The third-order valence-corrected chi connectivity index (χ3v) is 5.72. The van der Waals surface area contributed by atoms with Crippen LogP contribution in [0.25, 0.3) is 0 Å². The van der Waals surface area contributed by atoms with Crippen LogP contribution in [0.4, 0.5) is 5.69 Å². The molecule has 0 radical (unpaired) electrons. The third kappa shape index (κ3) is 3.68. The fourth-order valence-corrected chi connectivity index (χ4v) is 2.83. The van der Waals surface area contributed by atoms with Crippen LogP contribution in [-0.2, 0) is 20.0 Å². The molecule has 0 spiro atoms. The predicted molar refractivity (Wildman–Crippen MR) is 74.8 cm³/mol. The van der Waals surface area contributed by atoms with Gasteiger partial charge in [0, 0.05) is 5.69 Å². The fourth-order valence-electron chi connectivity index (χ4n) is 1.28. The van der Waals surface area contributed by atoms with E-state index in [1.54, 1.807) is 27.7 Å². The minimum absolute atomic E-state index is 0.0957. The second-order valence-corrected chi connectivity index (χ2v) is 9.21. The van der Waals surface area contributed by atoms with Gasteiger partial charge in [0.1, 0.15) is 0 Å². The molecule has 0 unspecified atom stereocenters. The highest BCUT2D eigenvalue weighted by Crippen LogP contribution is 2.23. The second-order valence-electron chi connectivity index (χ2n) is 5.24. The van der Waals surface area contributed by atoms with E-state index in [1.807, 2.05) is 0 Å². The van der Waals surface area contributed by atoms with Crippen LogP contribution in [0.5, 0.6) is 0 Å². The van der Waals surface area contributed by atoms with Crippen LogP contribution in [0.1, 0.15) is 26.3 Å². The molecule has 0 atom stereocenters. The van der Waals surface area contributed by atoms with Gasteiger partial charge in [-0.1, -0.05) is 6.07 Å². The van der Waals surface area contributed by atoms with E-state index in [0.29, 0.717) is 5.56 Å². The molecule has 108 valence electrons. The van der Waals surface area contributed by atoms with E-state index in [1.165, 1.54) is 18.2 Å². The molecule has 0 aromatic heterocycles. The molecule has 0 aliphatic rings. The van der Waals surface area contributed by atoms with E-state index in [4.69, 9.17) is 5.14 Å².